The maximum atomic E-state index is 14.4. The lowest BCUT2D eigenvalue weighted by Crippen LogP contribution is -2.30. The van der Waals surface area contributed by atoms with Crippen LogP contribution in [0.2, 0.25) is 0 Å². The summed E-state index contributed by atoms with van der Waals surface area (Å²) in [5.74, 6) is -3.72. The molecule has 0 fully saturated rings. The van der Waals surface area contributed by atoms with Gasteiger partial charge < -0.3 is 10.1 Å². The summed E-state index contributed by atoms with van der Waals surface area (Å²) in [7, 11) is 0. The minimum absolute atomic E-state index is 0.0792. The smallest absolute Gasteiger partial charge is 0.251 e. The number of halogens is 3. The Morgan fingerprint density at radius 3 is 2.39 bits per heavy atom. The third-order valence-corrected chi connectivity index (χ3v) is 4.79. The van der Waals surface area contributed by atoms with Gasteiger partial charge in [-0.25, -0.2) is 13.2 Å². The Morgan fingerprint density at radius 2 is 1.68 bits per heavy atom. The summed E-state index contributed by atoms with van der Waals surface area (Å²) in [5, 5.41) is 2.76. The number of rotatable bonds is 8. The van der Waals surface area contributed by atoms with E-state index in [1.54, 1.807) is 18.2 Å². The van der Waals surface area contributed by atoms with E-state index in [9.17, 15) is 18.0 Å². The van der Waals surface area contributed by atoms with E-state index in [2.05, 4.69) is 5.32 Å². The molecule has 1 unspecified atom stereocenters. The first kappa shape index (κ1) is 22.4. The van der Waals surface area contributed by atoms with Crippen molar-refractivity contribution in [2.24, 2.45) is 5.92 Å². The fraction of sp³-hybridized carbons (Fsp3) is 0.240. The van der Waals surface area contributed by atoms with Crippen LogP contribution in [-0.4, -0.2) is 5.91 Å². The molecule has 3 aromatic rings. The Balaban J connectivity index is 1.76. The SMILES string of the molecule is CC(C)CC(NC(=O)c1cccc(COc2ccccc2)c1)c1ccc(F)c(F)c1F. The maximum Gasteiger partial charge on any atom is 0.251 e. The van der Waals surface area contributed by atoms with E-state index in [0.717, 1.165) is 11.6 Å². The summed E-state index contributed by atoms with van der Waals surface area (Å²) < 4.78 is 47.2. The van der Waals surface area contributed by atoms with E-state index in [0.29, 0.717) is 17.7 Å². The van der Waals surface area contributed by atoms with E-state index < -0.39 is 29.4 Å². The summed E-state index contributed by atoms with van der Waals surface area (Å²) in [6.07, 6.45) is 0.366. The molecule has 0 spiro atoms. The molecule has 0 aliphatic carbocycles. The van der Waals surface area contributed by atoms with Gasteiger partial charge in [-0.3, -0.25) is 4.79 Å². The average molecular weight is 427 g/mol. The fourth-order valence-electron chi connectivity index (χ4n) is 3.27. The Labute approximate surface area is 179 Å². The number of amides is 1. The van der Waals surface area contributed by atoms with Gasteiger partial charge in [0.2, 0.25) is 0 Å². The van der Waals surface area contributed by atoms with Crippen LogP contribution >= 0.6 is 0 Å². The van der Waals surface area contributed by atoms with E-state index in [4.69, 9.17) is 4.74 Å². The number of hydrogen-bond donors (Lipinski definition) is 1. The van der Waals surface area contributed by atoms with Gasteiger partial charge in [-0.1, -0.05) is 50.2 Å². The fourth-order valence-corrected chi connectivity index (χ4v) is 3.27. The van der Waals surface area contributed by atoms with Gasteiger partial charge in [0.25, 0.3) is 5.91 Å². The van der Waals surface area contributed by atoms with Crippen LogP contribution in [0.3, 0.4) is 0 Å². The number of hydrogen-bond acceptors (Lipinski definition) is 2. The molecule has 3 nitrogen and oxygen atoms in total. The zero-order valence-electron chi connectivity index (χ0n) is 17.4. The van der Waals surface area contributed by atoms with Gasteiger partial charge in [0, 0.05) is 11.1 Å². The third kappa shape index (κ3) is 5.87. The zero-order chi connectivity index (χ0) is 22.4. The van der Waals surface area contributed by atoms with Gasteiger partial charge in [0.15, 0.2) is 17.5 Å². The van der Waals surface area contributed by atoms with E-state index in [1.165, 1.54) is 6.07 Å². The molecule has 1 N–H and O–H groups in total. The number of carbonyl (C=O) groups excluding carboxylic acids is 1. The number of para-hydroxylation sites is 1. The van der Waals surface area contributed by atoms with Crippen molar-refractivity contribution in [2.75, 3.05) is 0 Å². The second-order valence-corrected chi connectivity index (χ2v) is 7.72. The number of nitrogens with one attached hydrogen (secondary N) is 1. The Morgan fingerprint density at radius 1 is 0.935 bits per heavy atom. The van der Waals surface area contributed by atoms with Crippen LogP contribution in [0.15, 0.2) is 66.7 Å². The van der Waals surface area contributed by atoms with Crippen molar-refractivity contribution in [3.8, 4) is 5.75 Å². The van der Waals surface area contributed by atoms with Crippen molar-refractivity contribution in [1.29, 1.82) is 0 Å². The Kier molecular flexibility index (Phi) is 7.34. The van der Waals surface area contributed by atoms with Crippen molar-refractivity contribution in [2.45, 2.75) is 32.9 Å². The van der Waals surface area contributed by atoms with Crippen molar-refractivity contribution < 1.29 is 22.7 Å². The molecule has 0 saturated carbocycles. The Bertz CT molecular complexity index is 1040. The molecular weight excluding hydrogens is 403 g/mol. The molecule has 0 aliphatic rings. The standard InChI is InChI=1S/C25H24F3NO2/c1-16(2)13-22(20-11-12-21(26)24(28)23(20)27)29-25(30)18-8-6-7-17(14-18)15-31-19-9-4-3-5-10-19/h3-12,14,16,22H,13,15H2,1-2H3,(H,29,30). The summed E-state index contributed by atoms with van der Waals surface area (Å²) in [6.45, 7) is 4.08. The first-order valence-electron chi connectivity index (χ1n) is 10.1. The van der Waals surface area contributed by atoms with Gasteiger partial charge in [-0.05, 0) is 48.2 Å². The van der Waals surface area contributed by atoms with Crippen molar-refractivity contribution in [3.05, 3.63) is 101 Å². The molecule has 1 atom stereocenters. The van der Waals surface area contributed by atoms with Gasteiger partial charge in [0.1, 0.15) is 12.4 Å². The quantitative estimate of drug-likeness (QED) is 0.435. The van der Waals surface area contributed by atoms with Crippen molar-refractivity contribution in [3.63, 3.8) is 0 Å². The second-order valence-electron chi connectivity index (χ2n) is 7.72. The molecule has 6 heteroatoms. The molecular formula is C25H24F3NO2. The first-order chi connectivity index (χ1) is 14.8. The topological polar surface area (TPSA) is 38.3 Å². The predicted octanol–water partition coefficient (Wildman–Crippen LogP) is 6.20. The summed E-state index contributed by atoms with van der Waals surface area (Å²) in [4.78, 5) is 12.9. The van der Waals surface area contributed by atoms with Crippen LogP contribution in [0.25, 0.3) is 0 Å². The highest BCUT2D eigenvalue weighted by Crippen LogP contribution is 2.27. The molecule has 0 aromatic heterocycles. The van der Waals surface area contributed by atoms with Gasteiger partial charge in [0.05, 0.1) is 6.04 Å². The third-order valence-electron chi connectivity index (χ3n) is 4.79. The van der Waals surface area contributed by atoms with Gasteiger partial charge in [-0.2, -0.15) is 0 Å². The van der Waals surface area contributed by atoms with E-state index in [1.807, 2.05) is 50.2 Å². The number of ether oxygens (including phenoxy) is 1. The lowest BCUT2D eigenvalue weighted by atomic mass is 9.95. The van der Waals surface area contributed by atoms with Crippen LogP contribution in [0.1, 0.15) is 47.8 Å². The maximum absolute atomic E-state index is 14.4. The van der Waals surface area contributed by atoms with Crippen LogP contribution in [0, 0.1) is 23.4 Å². The molecule has 162 valence electrons. The van der Waals surface area contributed by atoms with E-state index >= 15 is 0 Å². The van der Waals surface area contributed by atoms with Crippen LogP contribution < -0.4 is 10.1 Å². The predicted molar refractivity (Wildman–Crippen MR) is 113 cm³/mol. The second kappa shape index (κ2) is 10.2. The van der Waals surface area contributed by atoms with Crippen molar-refractivity contribution in [1.82, 2.24) is 5.32 Å². The normalized spacial score (nSPS) is 11.9. The largest absolute Gasteiger partial charge is 0.489 e. The molecule has 0 saturated heterocycles. The van der Waals surface area contributed by atoms with Crippen molar-refractivity contribution >= 4 is 5.91 Å². The lowest BCUT2D eigenvalue weighted by molar-refractivity contribution is 0.0931. The van der Waals surface area contributed by atoms with Crippen LogP contribution in [-0.2, 0) is 6.61 Å². The van der Waals surface area contributed by atoms with Gasteiger partial charge >= 0.3 is 0 Å². The summed E-state index contributed by atoms with van der Waals surface area (Å²) >= 11 is 0. The highest BCUT2D eigenvalue weighted by Gasteiger charge is 2.24. The molecule has 0 radical (unpaired) electrons. The van der Waals surface area contributed by atoms with Crippen LogP contribution in [0.4, 0.5) is 13.2 Å². The molecule has 3 aromatic carbocycles. The molecule has 0 heterocycles. The highest BCUT2D eigenvalue weighted by atomic mass is 19.2. The molecule has 31 heavy (non-hydrogen) atoms. The number of carbonyl (C=O) groups is 1. The Hall–Kier alpha value is -3.28. The molecule has 3 rings (SSSR count). The zero-order valence-corrected chi connectivity index (χ0v) is 17.4. The van der Waals surface area contributed by atoms with Crippen LogP contribution in [0.5, 0.6) is 5.75 Å². The molecule has 1 amide bonds. The van der Waals surface area contributed by atoms with E-state index in [-0.39, 0.29) is 18.1 Å². The highest BCUT2D eigenvalue weighted by molar-refractivity contribution is 5.94. The monoisotopic (exact) mass is 427 g/mol. The lowest BCUT2D eigenvalue weighted by Gasteiger charge is -2.22. The molecule has 0 bridgehead atoms. The minimum atomic E-state index is -1.54. The average Bonchev–Trinajstić information content (AvgIpc) is 2.76. The summed E-state index contributed by atoms with van der Waals surface area (Å²) in [5.41, 5.74) is 1.08. The number of benzene rings is 3. The molecule has 0 aliphatic heterocycles. The summed E-state index contributed by atoms with van der Waals surface area (Å²) in [6, 6.07) is 17.4. The minimum Gasteiger partial charge on any atom is -0.489 e. The van der Waals surface area contributed by atoms with Gasteiger partial charge in [-0.15, -0.1) is 0 Å². The first-order valence-corrected chi connectivity index (χ1v) is 10.1.